The van der Waals surface area contributed by atoms with Crippen LogP contribution in [0.2, 0.25) is 0 Å². The first kappa shape index (κ1) is 13.2. The van der Waals surface area contributed by atoms with E-state index in [1.807, 2.05) is 30.3 Å². The van der Waals surface area contributed by atoms with Crippen LogP contribution in [0.4, 0.5) is 5.82 Å². The molecule has 106 valence electrons. The molecule has 0 saturated heterocycles. The Balaban J connectivity index is 1.83. The molecule has 0 unspecified atom stereocenters. The van der Waals surface area contributed by atoms with Crippen molar-refractivity contribution < 1.29 is 4.52 Å². The summed E-state index contributed by atoms with van der Waals surface area (Å²) < 4.78 is 5.26. The second-order valence-corrected chi connectivity index (χ2v) is 4.87. The van der Waals surface area contributed by atoms with Crippen molar-refractivity contribution in [2.45, 2.75) is 19.9 Å². The van der Waals surface area contributed by atoms with Gasteiger partial charge in [0.2, 0.25) is 5.82 Å². The van der Waals surface area contributed by atoms with Crippen LogP contribution in [0.25, 0.3) is 23.0 Å². The Morgan fingerprint density at radius 1 is 1.10 bits per heavy atom. The molecule has 0 aromatic carbocycles. The van der Waals surface area contributed by atoms with Crippen LogP contribution in [0.3, 0.4) is 0 Å². The van der Waals surface area contributed by atoms with Gasteiger partial charge in [0, 0.05) is 18.4 Å². The van der Waals surface area contributed by atoms with E-state index >= 15 is 0 Å². The molecule has 0 aliphatic heterocycles. The highest BCUT2D eigenvalue weighted by molar-refractivity contribution is 5.57. The van der Waals surface area contributed by atoms with E-state index in [4.69, 9.17) is 4.52 Å². The highest BCUT2D eigenvalue weighted by Crippen LogP contribution is 2.21. The number of pyridine rings is 2. The van der Waals surface area contributed by atoms with Crippen molar-refractivity contribution in [3.8, 4) is 23.0 Å². The smallest absolute Gasteiger partial charge is 0.259 e. The lowest BCUT2D eigenvalue weighted by atomic mass is 10.2. The van der Waals surface area contributed by atoms with Crippen molar-refractivity contribution in [2.24, 2.45) is 0 Å². The van der Waals surface area contributed by atoms with Gasteiger partial charge in [-0.25, -0.2) is 4.98 Å². The van der Waals surface area contributed by atoms with E-state index in [-0.39, 0.29) is 0 Å². The molecule has 3 aromatic heterocycles. The average Bonchev–Trinajstić information content (AvgIpc) is 2.98. The Kier molecular flexibility index (Phi) is 3.59. The molecule has 0 radical (unpaired) electrons. The first-order valence-electron chi connectivity index (χ1n) is 6.70. The van der Waals surface area contributed by atoms with Crippen LogP contribution in [0, 0.1) is 0 Å². The molecule has 0 atom stereocenters. The van der Waals surface area contributed by atoms with Crippen LogP contribution in [-0.2, 0) is 0 Å². The molecule has 1 N–H and O–H groups in total. The molecule has 0 bridgehead atoms. The lowest BCUT2D eigenvalue weighted by Crippen LogP contribution is -2.10. The van der Waals surface area contributed by atoms with E-state index in [0.717, 1.165) is 11.4 Å². The van der Waals surface area contributed by atoms with Gasteiger partial charge in [-0.05, 0) is 38.1 Å². The van der Waals surface area contributed by atoms with E-state index in [2.05, 4.69) is 39.3 Å². The second-order valence-electron chi connectivity index (χ2n) is 4.87. The van der Waals surface area contributed by atoms with Gasteiger partial charge >= 0.3 is 0 Å². The van der Waals surface area contributed by atoms with Crippen LogP contribution in [-0.4, -0.2) is 26.2 Å². The predicted octanol–water partition coefficient (Wildman–Crippen LogP) is 3.01. The van der Waals surface area contributed by atoms with E-state index in [9.17, 15) is 0 Å². The SMILES string of the molecule is CC(C)Nc1ccc(-c2nc(-c3ccccn3)no2)cn1. The molecule has 6 heteroatoms. The number of anilines is 1. The monoisotopic (exact) mass is 281 g/mol. The summed E-state index contributed by atoms with van der Waals surface area (Å²) in [5, 5.41) is 7.17. The maximum atomic E-state index is 5.26. The topological polar surface area (TPSA) is 76.7 Å². The number of aromatic nitrogens is 4. The van der Waals surface area contributed by atoms with Crippen molar-refractivity contribution in [3.63, 3.8) is 0 Å². The van der Waals surface area contributed by atoms with Gasteiger partial charge in [-0.15, -0.1) is 0 Å². The van der Waals surface area contributed by atoms with Crippen molar-refractivity contribution in [2.75, 3.05) is 5.32 Å². The summed E-state index contributed by atoms with van der Waals surface area (Å²) in [5.41, 5.74) is 1.46. The molecular formula is C15H15N5O. The zero-order valence-corrected chi connectivity index (χ0v) is 11.8. The molecule has 21 heavy (non-hydrogen) atoms. The van der Waals surface area contributed by atoms with Gasteiger partial charge < -0.3 is 9.84 Å². The fourth-order valence-corrected chi connectivity index (χ4v) is 1.84. The number of hydrogen-bond donors (Lipinski definition) is 1. The van der Waals surface area contributed by atoms with Gasteiger partial charge in [0.25, 0.3) is 5.89 Å². The Labute approximate surface area is 122 Å². The summed E-state index contributed by atoms with van der Waals surface area (Å²) in [6.07, 6.45) is 3.40. The average molecular weight is 281 g/mol. The summed E-state index contributed by atoms with van der Waals surface area (Å²) >= 11 is 0. The van der Waals surface area contributed by atoms with Crippen molar-refractivity contribution in [1.82, 2.24) is 20.1 Å². The maximum Gasteiger partial charge on any atom is 0.259 e. The third-order valence-electron chi connectivity index (χ3n) is 2.77. The quantitative estimate of drug-likeness (QED) is 0.792. The second kappa shape index (κ2) is 5.70. The zero-order chi connectivity index (χ0) is 14.7. The molecule has 0 aliphatic carbocycles. The zero-order valence-electron chi connectivity index (χ0n) is 11.8. The highest BCUT2D eigenvalue weighted by Gasteiger charge is 2.11. The normalized spacial score (nSPS) is 10.8. The van der Waals surface area contributed by atoms with E-state index in [1.165, 1.54) is 0 Å². The Morgan fingerprint density at radius 2 is 2.00 bits per heavy atom. The van der Waals surface area contributed by atoms with Gasteiger partial charge in [0.15, 0.2) is 0 Å². The Hall–Kier alpha value is -2.76. The fourth-order valence-electron chi connectivity index (χ4n) is 1.84. The molecule has 0 aliphatic rings. The first-order valence-corrected chi connectivity index (χ1v) is 6.70. The van der Waals surface area contributed by atoms with Gasteiger partial charge in [0.1, 0.15) is 11.5 Å². The minimum absolute atomic E-state index is 0.336. The van der Waals surface area contributed by atoms with Crippen LogP contribution < -0.4 is 5.32 Å². The van der Waals surface area contributed by atoms with Crippen LogP contribution in [0.1, 0.15) is 13.8 Å². The molecule has 3 heterocycles. The largest absolute Gasteiger partial charge is 0.368 e. The van der Waals surface area contributed by atoms with Gasteiger partial charge in [-0.2, -0.15) is 4.98 Å². The number of hydrogen-bond acceptors (Lipinski definition) is 6. The van der Waals surface area contributed by atoms with Crippen LogP contribution in [0.5, 0.6) is 0 Å². The number of rotatable bonds is 4. The summed E-state index contributed by atoms with van der Waals surface area (Å²) in [6, 6.07) is 9.68. The van der Waals surface area contributed by atoms with Crippen molar-refractivity contribution >= 4 is 5.82 Å². The molecule has 0 spiro atoms. The molecule has 0 fully saturated rings. The van der Waals surface area contributed by atoms with Gasteiger partial charge in [-0.3, -0.25) is 4.98 Å². The van der Waals surface area contributed by atoms with E-state index in [0.29, 0.717) is 23.5 Å². The third-order valence-corrected chi connectivity index (χ3v) is 2.77. The fraction of sp³-hybridized carbons (Fsp3) is 0.200. The van der Waals surface area contributed by atoms with Gasteiger partial charge in [-0.1, -0.05) is 11.2 Å². The summed E-state index contributed by atoms with van der Waals surface area (Å²) in [4.78, 5) is 12.9. The van der Waals surface area contributed by atoms with E-state index < -0.39 is 0 Å². The van der Waals surface area contributed by atoms with Crippen molar-refractivity contribution in [1.29, 1.82) is 0 Å². The molecule has 6 nitrogen and oxygen atoms in total. The number of nitrogens with zero attached hydrogens (tertiary/aromatic N) is 4. The Bertz CT molecular complexity index is 706. The Morgan fingerprint density at radius 3 is 2.67 bits per heavy atom. The minimum Gasteiger partial charge on any atom is -0.368 e. The minimum atomic E-state index is 0.336. The lowest BCUT2D eigenvalue weighted by Gasteiger charge is -2.08. The number of nitrogens with one attached hydrogen (secondary N) is 1. The first-order chi connectivity index (χ1) is 10.2. The highest BCUT2D eigenvalue weighted by atomic mass is 16.5. The van der Waals surface area contributed by atoms with Gasteiger partial charge in [0.05, 0.1) is 5.56 Å². The summed E-state index contributed by atoms with van der Waals surface area (Å²) in [5.74, 6) is 1.72. The molecule has 0 amide bonds. The molecule has 3 aromatic rings. The molecular weight excluding hydrogens is 266 g/mol. The molecule has 3 rings (SSSR count). The van der Waals surface area contributed by atoms with E-state index in [1.54, 1.807) is 12.4 Å². The standard InChI is InChI=1S/C15H15N5O/c1-10(2)18-13-7-6-11(9-17-13)15-19-14(20-21-15)12-5-3-4-8-16-12/h3-10H,1-2H3,(H,17,18). The van der Waals surface area contributed by atoms with Crippen LogP contribution in [0.15, 0.2) is 47.2 Å². The predicted molar refractivity (Wildman–Crippen MR) is 79.5 cm³/mol. The molecule has 0 saturated carbocycles. The lowest BCUT2D eigenvalue weighted by molar-refractivity contribution is 0.432. The summed E-state index contributed by atoms with van der Waals surface area (Å²) in [7, 11) is 0. The maximum absolute atomic E-state index is 5.26. The third kappa shape index (κ3) is 3.05. The van der Waals surface area contributed by atoms with Crippen LogP contribution >= 0.6 is 0 Å². The summed E-state index contributed by atoms with van der Waals surface area (Å²) in [6.45, 7) is 4.12. The van der Waals surface area contributed by atoms with Crippen molar-refractivity contribution in [3.05, 3.63) is 42.7 Å².